The van der Waals surface area contributed by atoms with Crippen molar-refractivity contribution in [1.29, 1.82) is 0 Å². The van der Waals surface area contributed by atoms with Gasteiger partial charge in [0, 0.05) is 40.1 Å². The third kappa shape index (κ3) is 1.60. The predicted octanol–water partition coefficient (Wildman–Crippen LogP) is 2.33. The maximum Gasteiger partial charge on any atom is 0.133 e. The molecule has 5 heteroatoms. The molecule has 0 unspecified atom stereocenters. The van der Waals surface area contributed by atoms with E-state index in [4.69, 9.17) is 10.5 Å². The minimum Gasteiger partial charge on any atom is -0.491 e. The summed E-state index contributed by atoms with van der Waals surface area (Å²) in [6, 6.07) is 6.11. The Labute approximate surface area is 115 Å². The first-order valence-electron chi connectivity index (χ1n) is 6.55. The molecule has 1 aromatic carbocycles. The summed E-state index contributed by atoms with van der Waals surface area (Å²) in [5.74, 6) is 1.66. The molecule has 100 valence electrons. The maximum atomic E-state index is 6.02. The molecule has 0 bridgehead atoms. The lowest BCUT2D eigenvalue weighted by Gasteiger charge is -2.00. The molecular formula is C15H14N4O. The highest BCUT2D eigenvalue weighted by Gasteiger charge is 2.23. The number of nitrogens with zero attached hydrogens (tertiary/aromatic N) is 2. The maximum absolute atomic E-state index is 6.02. The first-order chi connectivity index (χ1) is 9.72. The Balaban J connectivity index is 1.89. The van der Waals surface area contributed by atoms with Crippen LogP contribution in [0.15, 0.2) is 30.6 Å². The SMILES string of the molecule is Cc1ncc(-c2cc3c4c(ccc3[nH]2)[C@H](N)CO4)cn1. The topological polar surface area (TPSA) is 76.8 Å². The molecule has 20 heavy (non-hydrogen) atoms. The van der Waals surface area contributed by atoms with Crippen molar-refractivity contribution in [2.45, 2.75) is 13.0 Å². The van der Waals surface area contributed by atoms with Gasteiger partial charge in [-0.15, -0.1) is 0 Å². The second-order valence-electron chi connectivity index (χ2n) is 5.06. The van der Waals surface area contributed by atoms with Gasteiger partial charge in [0.05, 0.1) is 6.04 Å². The molecule has 1 aliphatic heterocycles. The molecule has 1 atom stereocenters. The Hall–Kier alpha value is -2.40. The smallest absolute Gasteiger partial charge is 0.133 e. The van der Waals surface area contributed by atoms with E-state index in [1.54, 1.807) is 0 Å². The summed E-state index contributed by atoms with van der Waals surface area (Å²) in [6.07, 6.45) is 3.64. The van der Waals surface area contributed by atoms with Crippen LogP contribution in [0.25, 0.3) is 22.2 Å². The van der Waals surface area contributed by atoms with Crippen LogP contribution >= 0.6 is 0 Å². The van der Waals surface area contributed by atoms with E-state index in [1.807, 2.05) is 31.5 Å². The normalized spacial score (nSPS) is 17.2. The third-order valence-electron chi connectivity index (χ3n) is 3.68. The first kappa shape index (κ1) is 11.4. The van der Waals surface area contributed by atoms with Gasteiger partial charge in [0.2, 0.25) is 0 Å². The Kier molecular flexibility index (Phi) is 2.31. The quantitative estimate of drug-likeness (QED) is 0.708. The highest BCUT2D eigenvalue weighted by molar-refractivity contribution is 5.92. The van der Waals surface area contributed by atoms with E-state index in [0.29, 0.717) is 6.61 Å². The van der Waals surface area contributed by atoms with Crippen LogP contribution in [0.3, 0.4) is 0 Å². The molecule has 3 N–H and O–H groups in total. The van der Waals surface area contributed by atoms with Crippen molar-refractivity contribution in [2.75, 3.05) is 6.61 Å². The molecule has 3 aromatic rings. The zero-order valence-corrected chi connectivity index (χ0v) is 11.1. The summed E-state index contributed by atoms with van der Waals surface area (Å²) in [5.41, 5.74) is 10.1. The van der Waals surface area contributed by atoms with Crippen LogP contribution < -0.4 is 10.5 Å². The van der Waals surface area contributed by atoms with E-state index < -0.39 is 0 Å². The summed E-state index contributed by atoms with van der Waals surface area (Å²) in [6.45, 7) is 2.42. The number of H-pyrrole nitrogens is 1. The average molecular weight is 266 g/mol. The number of rotatable bonds is 1. The Morgan fingerprint density at radius 1 is 1.30 bits per heavy atom. The first-order valence-corrected chi connectivity index (χ1v) is 6.55. The van der Waals surface area contributed by atoms with E-state index in [2.05, 4.69) is 21.0 Å². The van der Waals surface area contributed by atoms with Crippen LogP contribution in [0.4, 0.5) is 0 Å². The van der Waals surface area contributed by atoms with Crippen LogP contribution in [0.1, 0.15) is 17.4 Å². The van der Waals surface area contributed by atoms with Crippen molar-refractivity contribution in [3.63, 3.8) is 0 Å². The van der Waals surface area contributed by atoms with Gasteiger partial charge in [0.25, 0.3) is 0 Å². The van der Waals surface area contributed by atoms with E-state index in [-0.39, 0.29) is 6.04 Å². The molecule has 0 fully saturated rings. The fourth-order valence-corrected chi connectivity index (χ4v) is 2.60. The molecule has 4 rings (SSSR count). The number of nitrogens with one attached hydrogen (secondary N) is 1. The lowest BCUT2D eigenvalue weighted by Crippen LogP contribution is -2.10. The number of hydrogen-bond donors (Lipinski definition) is 2. The number of aromatic amines is 1. The number of fused-ring (bicyclic) bond motifs is 3. The van der Waals surface area contributed by atoms with Gasteiger partial charge in [-0.1, -0.05) is 6.07 Å². The minimum atomic E-state index is -0.0320. The average Bonchev–Trinajstić information content (AvgIpc) is 3.03. The summed E-state index contributed by atoms with van der Waals surface area (Å²) < 4.78 is 5.72. The highest BCUT2D eigenvalue weighted by atomic mass is 16.5. The predicted molar refractivity (Wildman–Crippen MR) is 76.5 cm³/mol. The lowest BCUT2D eigenvalue weighted by atomic mass is 10.1. The van der Waals surface area contributed by atoms with Crippen LogP contribution in [-0.2, 0) is 0 Å². The van der Waals surface area contributed by atoms with Gasteiger partial charge in [0.15, 0.2) is 0 Å². The van der Waals surface area contributed by atoms with Crippen molar-refractivity contribution in [3.8, 4) is 17.0 Å². The molecule has 0 spiro atoms. The molecule has 0 saturated heterocycles. The van der Waals surface area contributed by atoms with Crippen LogP contribution in [0, 0.1) is 6.92 Å². The van der Waals surface area contributed by atoms with E-state index in [9.17, 15) is 0 Å². The third-order valence-corrected chi connectivity index (χ3v) is 3.68. The van der Waals surface area contributed by atoms with Gasteiger partial charge in [-0.25, -0.2) is 9.97 Å². The molecule has 3 heterocycles. The number of ether oxygens (including phenoxy) is 1. The van der Waals surface area contributed by atoms with Crippen molar-refractivity contribution >= 4 is 10.9 Å². The number of hydrogen-bond acceptors (Lipinski definition) is 4. The molecule has 2 aromatic heterocycles. The van der Waals surface area contributed by atoms with Crippen molar-refractivity contribution in [1.82, 2.24) is 15.0 Å². The molecule has 1 aliphatic rings. The Bertz CT molecular complexity index is 791. The van der Waals surface area contributed by atoms with Gasteiger partial charge < -0.3 is 15.5 Å². The van der Waals surface area contributed by atoms with Crippen molar-refractivity contribution < 1.29 is 4.74 Å². The van der Waals surface area contributed by atoms with Gasteiger partial charge in [0.1, 0.15) is 18.2 Å². The summed E-state index contributed by atoms with van der Waals surface area (Å²) in [7, 11) is 0. The van der Waals surface area contributed by atoms with Crippen LogP contribution in [0.2, 0.25) is 0 Å². The number of aromatic nitrogens is 3. The Morgan fingerprint density at radius 2 is 2.10 bits per heavy atom. The second-order valence-corrected chi connectivity index (χ2v) is 5.06. The Morgan fingerprint density at radius 3 is 2.90 bits per heavy atom. The second kappa shape index (κ2) is 4.05. The zero-order valence-electron chi connectivity index (χ0n) is 11.1. The van der Waals surface area contributed by atoms with Gasteiger partial charge in [-0.05, 0) is 19.1 Å². The molecule has 0 saturated carbocycles. The largest absolute Gasteiger partial charge is 0.491 e. The molecule has 0 amide bonds. The summed E-state index contributed by atoms with van der Waals surface area (Å²) >= 11 is 0. The number of aryl methyl sites for hydroxylation is 1. The van der Waals surface area contributed by atoms with Gasteiger partial charge in [-0.3, -0.25) is 0 Å². The monoisotopic (exact) mass is 266 g/mol. The lowest BCUT2D eigenvalue weighted by molar-refractivity contribution is 0.336. The van der Waals surface area contributed by atoms with Crippen LogP contribution in [0.5, 0.6) is 5.75 Å². The number of nitrogens with two attached hydrogens (primary N) is 1. The molecule has 5 nitrogen and oxygen atoms in total. The fourth-order valence-electron chi connectivity index (χ4n) is 2.60. The van der Waals surface area contributed by atoms with Gasteiger partial charge in [-0.2, -0.15) is 0 Å². The molecular weight excluding hydrogens is 252 g/mol. The summed E-state index contributed by atoms with van der Waals surface area (Å²) in [5, 5.41) is 1.06. The minimum absolute atomic E-state index is 0.0320. The van der Waals surface area contributed by atoms with Gasteiger partial charge >= 0.3 is 0 Å². The highest BCUT2D eigenvalue weighted by Crippen LogP contribution is 2.39. The molecule has 0 radical (unpaired) electrons. The van der Waals surface area contributed by atoms with Crippen molar-refractivity contribution in [3.05, 3.63) is 42.0 Å². The van der Waals surface area contributed by atoms with E-state index in [1.165, 1.54) is 0 Å². The van der Waals surface area contributed by atoms with E-state index >= 15 is 0 Å². The fraction of sp³-hybridized carbons (Fsp3) is 0.200. The van der Waals surface area contributed by atoms with Crippen molar-refractivity contribution in [2.24, 2.45) is 5.73 Å². The van der Waals surface area contributed by atoms with E-state index in [0.717, 1.165) is 39.3 Å². The van der Waals surface area contributed by atoms with Crippen LogP contribution in [-0.4, -0.2) is 21.6 Å². The summed E-state index contributed by atoms with van der Waals surface area (Å²) in [4.78, 5) is 11.8. The molecule has 0 aliphatic carbocycles. The standard InChI is InChI=1S/C15H14N4O/c1-8-17-5-9(6-18-8)14-4-11-13(19-14)3-2-10-12(16)7-20-15(10)11/h2-6,12,19H,7,16H2,1H3/t12-/m1/s1. The number of benzene rings is 1. The zero-order chi connectivity index (χ0) is 13.7.